The Morgan fingerprint density at radius 1 is 1.17 bits per heavy atom. The number of fused-ring (bicyclic) bond motifs is 1. The largest absolute Gasteiger partial charge is 0.321 e. The minimum Gasteiger partial charge on any atom is -0.321 e. The van der Waals surface area contributed by atoms with E-state index in [1.54, 1.807) is 29.1 Å². The minimum atomic E-state index is -0.271. The second-order valence-electron chi connectivity index (χ2n) is 6.22. The Morgan fingerprint density at radius 2 is 1.92 bits per heavy atom. The Kier molecular flexibility index (Phi) is 3.41. The van der Waals surface area contributed by atoms with E-state index in [0.717, 1.165) is 23.8 Å². The molecule has 1 fully saturated rings. The standard InChI is InChI=1S/C19H17N3O2/c1-12-2-3-13-11-17(18(23)21-14-6-8-20-9-7-14)22(15-4-5-15)19(24)16(13)10-12/h2-3,6-11,15H,4-5H2,1H3,(H,20,21,23). The molecule has 0 bridgehead atoms. The van der Waals surface area contributed by atoms with Crippen molar-refractivity contribution in [3.8, 4) is 0 Å². The average Bonchev–Trinajstić information content (AvgIpc) is 3.41. The highest BCUT2D eigenvalue weighted by Gasteiger charge is 2.29. The number of hydrogen-bond donors (Lipinski definition) is 1. The number of nitrogens with zero attached hydrogens (tertiary/aromatic N) is 2. The van der Waals surface area contributed by atoms with Gasteiger partial charge in [-0.3, -0.25) is 14.6 Å². The maximum atomic E-state index is 12.9. The number of carbonyl (C=O) groups is 1. The number of rotatable bonds is 3. The highest BCUT2D eigenvalue weighted by Crippen LogP contribution is 2.35. The van der Waals surface area contributed by atoms with Gasteiger partial charge < -0.3 is 9.88 Å². The maximum Gasteiger partial charge on any atom is 0.272 e. The molecule has 0 unspecified atom stereocenters. The van der Waals surface area contributed by atoms with Crippen molar-refractivity contribution in [2.24, 2.45) is 0 Å². The van der Waals surface area contributed by atoms with Crippen molar-refractivity contribution in [2.75, 3.05) is 5.32 Å². The van der Waals surface area contributed by atoms with Crippen molar-refractivity contribution in [1.82, 2.24) is 9.55 Å². The van der Waals surface area contributed by atoms with E-state index in [2.05, 4.69) is 10.3 Å². The molecule has 4 rings (SSSR count). The van der Waals surface area contributed by atoms with Gasteiger partial charge >= 0.3 is 0 Å². The highest BCUT2D eigenvalue weighted by molar-refractivity contribution is 6.05. The molecule has 0 atom stereocenters. The van der Waals surface area contributed by atoms with Crippen LogP contribution < -0.4 is 10.9 Å². The van der Waals surface area contributed by atoms with Crippen molar-refractivity contribution in [1.29, 1.82) is 0 Å². The van der Waals surface area contributed by atoms with Crippen molar-refractivity contribution in [2.45, 2.75) is 25.8 Å². The second-order valence-corrected chi connectivity index (χ2v) is 6.22. The summed E-state index contributed by atoms with van der Waals surface area (Å²) in [5.74, 6) is -0.271. The number of benzene rings is 1. The van der Waals surface area contributed by atoms with Crippen molar-refractivity contribution in [3.63, 3.8) is 0 Å². The zero-order chi connectivity index (χ0) is 16.7. The quantitative estimate of drug-likeness (QED) is 0.805. The smallest absolute Gasteiger partial charge is 0.272 e. The van der Waals surface area contributed by atoms with Crippen LogP contribution in [0.1, 0.15) is 34.9 Å². The van der Waals surface area contributed by atoms with Gasteiger partial charge in [0, 0.05) is 29.5 Å². The molecule has 120 valence electrons. The predicted octanol–water partition coefficient (Wildman–Crippen LogP) is 3.29. The van der Waals surface area contributed by atoms with Crippen LogP contribution in [0.5, 0.6) is 0 Å². The van der Waals surface area contributed by atoms with Gasteiger partial charge in [-0.2, -0.15) is 0 Å². The van der Waals surface area contributed by atoms with Gasteiger partial charge in [-0.05, 0) is 49.4 Å². The first-order valence-electron chi connectivity index (χ1n) is 8.01. The molecule has 1 saturated carbocycles. The molecule has 5 nitrogen and oxygen atoms in total. The van der Waals surface area contributed by atoms with Crippen LogP contribution >= 0.6 is 0 Å². The molecule has 2 heterocycles. The molecule has 24 heavy (non-hydrogen) atoms. The predicted molar refractivity (Wildman–Crippen MR) is 93.4 cm³/mol. The van der Waals surface area contributed by atoms with E-state index in [1.165, 1.54) is 0 Å². The monoisotopic (exact) mass is 319 g/mol. The molecule has 0 aliphatic heterocycles. The van der Waals surface area contributed by atoms with E-state index in [1.807, 2.05) is 31.2 Å². The fourth-order valence-corrected chi connectivity index (χ4v) is 2.94. The maximum absolute atomic E-state index is 12.9. The van der Waals surface area contributed by atoms with E-state index in [0.29, 0.717) is 16.8 Å². The van der Waals surface area contributed by atoms with Crippen LogP contribution in [0.25, 0.3) is 10.8 Å². The fraction of sp³-hybridized carbons (Fsp3) is 0.211. The number of amides is 1. The number of hydrogen-bond acceptors (Lipinski definition) is 3. The molecule has 3 aromatic rings. The molecule has 2 aromatic heterocycles. The van der Waals surface area contributed by atoms with Crippen molar-refractivity contribution < 1.29 is 4.79 Å². The summed E-state index contributed by atoms with van der Waals surface area (Å²) in [5, 5.41) is 4.31. The van der Waals surface area contributed by atoms with E-state index in [-0.39, 0.29) is 17.5 Å². The molecular weight excluding hydrogens is 302 g/mol. The summed E-state index contributed by atoms with van der Waals surface area (Å²) in [5.41, 5.74) is 2.03. The summed E-state index contributed by atoms with van der Waals surface area (Å²) >= 11 is 0. The lowest BCUT2D eigenvalue weighted by molar-refractivity contribution is 0.101. The van der Waals surface area contributed by atoms with Crippen LogP contribution in [-0.2, 0) is 0 Å². The lowest BCUT2D eigenvalue weighted by Crippen LogP contribution is -2.28. The number of pyridine rings is 2. The van der Waals surface area contributed by atoms with Gasteiger partial charge in [0.25, 0.3) is 11.5 Å². The first kappa shape index (κ1) is 14.6. The molecule has 0 radical (unpaired) electrons. The van der Waals surface area contributed by atoms with Gasteiger partial charge in [-0.25, -0.2) is 0 Å². The number of aromatic nitrogens is 2. The number of anilines is 1. The first-order chi connectivity index (χ1) is 11.6. The highest BCUT2D eigenvalue weighted by atomic mass is 16.2. The van der Waals surface area contributed by atoms with Gasteiger partial charge in [0.05, 0.1) is 0 Å². The number of carbonyl (C=O) groups excluding carboxylic acids is 1. The van der Waals surface area contributed by atoms with Crippen LogP contribution in [0, 0.1) is 6.92 Å². The van der Waals surface area contributed by atoms with Crippen LogP contribution in [0.15, 0.2) is 53.6 Å². The van der Waals surface area contributed by atoms with Gasteiger partial charge in [-0.15, -0.1) is 0 Å². The molecule has 0 saturated heterocycles. The summed E-state index contributed by atoms with van der Waals surface area (Å²) in [4.78, 5) is 29.6. The zero-order valence-corrected chi connectivity index (χ0v) is 13.3. The topological polar surface area (TPSA) is 64.0 Å². The van der Waals surface area contributed by atoms with Gasteiger partial charge in [0.15, 0.2) is 0 Å². The molecule has 0 spiro atoms. The van der Waals surface area contributed by atoms with E-state index >= 15 is 0 Å². The van der Waals surface area contributed by atoms with Gasteiger partial charge in [-0.1, -0.05) is 17.7 Å². The van der Waals surface area contributed by atoms with Gasteiger partial charge in [0.2, 0.25) is 0 Å². The molecule has 1 aromatic carbocycles. The van der Waals surface area contributed by atoms with Crippen molar-refractivity contribution in [3.05, 3.63) is 70.4 Å². The molecular formula is C19H17N3O2. The second kappa shape index (κ2) is 5.60. The minimum absolute atomic E-state index is 0.0846. The third kappa shape index (κ3) is 2.58. The Morgan fingerprint density at radius 3 is 2.62 bits per heavy atom. The normalized spacial score (nSPS) is 13.9. The molecule has 1 aliphatic rings. The summed E-state index contributed by atoms with van der Waals surface area (Å²) in [6, 6.07) is 11.1. The van der Waals surface area contributed by atoms with Crippen molar-refractivity contribution >= 4 is 22.4 Å². The van der Waals surface area contributed by atoms with Crippen LogP contribution in [0.3, 0.4) is 0 Å². The molecule has 1 amide bonds. The lowest BCUT2D eigenvalue weighted by atomic mass is 10.1. The summed E-state index contributed by atoms with van der Waals surface area (Å²) < 4.78 is 1.65. The van der Waals surface area contributed by atoms with E-state index in [4.69, 9.17) is 0 Å². The Hall–Kier alpha value is -2.95. The van der Waals surface area contributed by atoms with Gasteiger partial charge in [0.1, 0.15) is 5.69 Å². The Balaban J connectivity index is 1.85. The van der Waals surface area contributed by atoms with Crippen LogP contribution in [-0.4, -0.2) is 15.5 Å². The fourth-order valence-electron chi connectivity index (χ4n) is 2.94. The number of nitrogens with one attached hydrogen (secondary N) is 1. The first-order valence-corrected chi connectivity index (χ1v) is 8.01. The average molecular weight is 319 g/mol. The Bertz CT molecular complexity index is 989. The molecule has 5 heteroatoms. The lowest BCUT2D eigenvalue weighted by Gasteiger charge is -2.14. The summed E-state index contributed by atoms with van der Waals surface area (Å²) in [7, 11) is 0. The van der Waals surface area contributed by atoms with Crippen LogP contribution in [0.2, 0.25) is 0 Å². The summed E-state index contributed by atoms with van der Waals surface area (Å²) in [6.45, 7) is 1.96. The number of aryl methyl sites for hydroxylation is 1. The zero-order valence-electron chi connectivity index (χ0n) is 13.3. The van der Waals surface area contributed by atoms with E-state index in [9.17, 15) is 9.59 Å². The third-order valence-electron chi connectivity index (χ3n) is 4.29. The molecule has 1 aliphatic carbocycles. The van der Waals surface area contributed by atoms with Crippen LogP contribution in [0.4, 0.5) is 5.69 Å². The SMILES string of the molecule is Cc1ccc2cc(C(=O)Nc3ccncc3)n(C3CC3)c(=O)c2c1. The third-order valence-corrected chi connectivity index (χ3v) is 4.29. The van der Waals surface area contributed by atoms with E-state index < -0.39 is 0 Å². The summed E-state index contributed by atoms with van der Waals surface area (Å²) in [6.07, 6.45) is 5.11. The Labute approximate surface area is 139 Å². The molecule has 1 N–H and O–H groups in total.